The highest BCUT2D eigenvalue weighted by atomic mass is 32.2. The number of nitrogens with zero attached hydrogens (tertiary/aromatic N) is 2. The molecule has 0 bridgehead atoms. The molecule has 0 amide bonds. The van der Waals surface area contributed by atoms with Crippen molar-refractivity contribution >= 4 is 31.6 Å². The fourth-order valence-corrected chi connectivity index (χ4v) is 4.80. The molecular formula is C17H18N2O3S2. The number of benzene rings is 2. The minimum absolute atomic E-state index is 0.235. The topological polar surface area (TPSA) is 59.5 Å². The van der Waals surface area contributed by atoms with Crippen molar-refractivity contribution in [1.29, 1.82) is 0 Å². The maximum Gasteiger partial charge on any atom is 0.243 e. The van der Waals surface area contributed by atoms with Gasteiger partial charge in [-0.2, -0.15) is 4.31 Å². The molecule has 3 aromatic rings. The van der Waals surface area contributed by atoms with Crippen LogP contribution >= 0.6 is 11.3 Å². The average molecular weight is 362 g/mol. The van der Waals surface area contributed by atoms with Crippen molar-refractivity contribution in [2.45, 2.75) is 17.9 Å². The summed E-state index contributed by atoms with van der Waals surface area (Å²) in [5, 5.41) is 0.774. The van der Waals surface area contributed by atoms with E-state index in [1.807, 2.05) is 31.2 Å². The third-order valence-corrected chi connectivity index (χ3v) is 7.10. The van der Waals surface area contributed by atoms with Gasteiger partial charge in [-0.25, -0.2) is 13.4 Å². The summed E-state index contributed by atoms with van der Waals surface area (Å²) in [5.41, 5.74) is 0.889. The fourth-order valence-electron chi connectivity index (χ4n) is 2.35. The molecule has 0 fully saturated rings. The molecular weight excluding hydrogens is 344 g/mol. The summed E-state index contributed by atoms with van der Waals surface area (Å²) < 4.78 is 33.1. The summed E-state index contributed by atoms with van der Waals surface area (Å²) >= 11 is 1.51. The molecule has 0 aliphatic rings. The molecule has 0 radical (unpaired) electrons. The second-order valence-electron chi connectivity index (χ2n) is 5.39. The van der Waals surface area contributed by atoms with E-state index in [1.165, 1.54) is 15.6 Å². The van der Waals surface area contributed by atoms with Gasteiger partial charge in [-0.15, -0.1) is 11.3 Å². The van der Waals surface area contributed by atoms with Crippen LogP contribution in [-0.2, 0) is 10.0 Å². The lowest BCUT2D eigenvalue weighted by Gasteiger charge is -2.22. The quantitative estimate of drug-likeness (QED) is 0.695. The number of hydrogen-bond donors (Lipinski definition) is 0. The van der Waals surface area contributed by atoms with Crippen LogP contribution in [0, 0.1) is 0 Å². The number of hydrogen-bond acceptors (Lipinski definition) is 5. The highest BCUT2D eigenvalue weighted by Gasteiger charge is 2.28. The SMILES string of the molecule is COc1ccc(S(=O)(=O)N(C)[C@H](C)c2nc3ccccc3s2)cc1. The lowest BCUT2D eigenvalue weighted by atomic mass is 10.3. The molecule has 1 heterocycles. The molecule has 5 nitrogen and oxygen atoms in total. The highest BCUT2D eigenvalue weighted by molar-refractivity contribution is 7.89. The zero-order valence-electron chi connectivity index (χ0n) is 13.6. The smallest absolute Gasteiger partial charge is 0.243 e. The maximum atomic E-state index is 12.8. The van der Waals surface area contributed by atoms with Gasteiger partial charge >= 0.3 is 0 Å². The molecule has 7 heteroatoms. The van der Waals surface area contributed by atoms with Gasteiger partial charge in [0.2, 0.25) is 10.0 Å². The molecule has 0 spiro atoms. The van der Waals surface area contributed by atoms with Gasteiger partial charge in [0.1, 0.15) is 10.8 Å². The van der Waals surface area contributed by atoms with Gasteiger partial charge in [0.25, 0.3) is 0 Å². The van der Waals surface area contributed by atoms with E-state index >= 15 is 0 Å². The summed E-state index contributed by atoms with van der Waals surface area (Å²) in [6.45, 7) is 1.85. The lowest BCUT2D eigenvalue weighted by Crippen LogP contribution is -2.29. The summed E-state index contributed by atoms with van der Waals surface area (Å²) in [6, 6.07) is 13.8. The molecule has 1 atom stereocenters. The highest BCUT2D eigenvalue weighted by Crippen LogP contribution is 2.31. The number of sulfonamides is 1. The minimum atomic E-state index is -3.60. The van der Waals surface area contributed by atoms with Crippen LogP contribution in [0.5, 0.6) is 5.75 Å². The van der Waals surface area contributed by atoms with Crippen molar-refractivity contribution in [3.63, 3.8) is 0 Å². The van der Waals surface area contributed by atoms with Crippen LogP contribution in [0.4, 0.5) is 0 Å². The van der Waals surface area contributed by atoms with E-state index in [1.54, 1.807) is 38.4 Å². The van der Waals surface area contributed by atoms with Gasteiger partial charge in [-0.05, 0) is 43.3 Å². The molecule has 3 rings (SSSR count). The van der Waals surface area contributed by atoms with Crippen LogP contribution in [-0.4, -0.2) is 31.9 Å². The number of methoxy groups -OCH3 is 1. The normalized spacial score (nSPS) is 13.3. The largest absolute Gasteiger partial charge is 0.497 e. The number of para-hydroxylation sites is 1. The molecule has 0 unspecified atom stereocenters. The number of rotatable bonds is 5. The molecule has 0 N–H and O–H groups in total. The fraction of sp³-hybridized carbons (Fsp3) is 0.235. The zero-order chi connectivity index (χ0) is 17.3. The van der Waals surface area contributed by atoms with E-state index in [0.29, 0.717) is 5.75 Å². The second kappa shape index (κ2) is 6.51. The average Bonchev–Trinajstić information content (AvgIpc) is 3.04. The number of thiazole rings is 1. The van der Waals surface area contributed by atoms with E-state index in [9.17, 15) is 8.42 Å². The van der Waals surface area contributed by atoms with Gasteiger partial charge in [0, 0.05) is 7.05 Å². The Morgan fingerprint density at radius 3 is 2.42 bits per heavy atom. The Bertz CT molecular complexity index is 916. The molecule has 0 saturated heterocycles. The van der Waals surface area contributed by atoms with E-state index in [4.69, 9.17) is 4.74 Å². The standard InChI is InChI=1S/C17H18N2O3S2/c1-12(17-18-15-6-4-5-7-16(15)23-17)19(2)24(20,21)14-10-8-13(22-3)9-11-14/h4-12H,1-3H3/t12-/m1/s1. The molecule has 0 aliphatic carbocycles. The molecule has 0 saturated carbocycles. The number of fused-ring (bicyclic) bond motifs is 1. The van der Waals surface area contributed by atoms with Crippen molar-refractivity contribution in [2.24, 2.45) is 0 Å². The first-order valence-electron chi connectivity index (χ1n) is 7.41. The predicted molar refractivity (Wildman–Crippen MR) is 96.0 cm³/mol. The van der Waals surface area contributed by atoms with E-state index < -0.39 is 10.0 Å². The van der Waals surface area contributed by atoms with E-state index in [2.05, 4.69) is 4.98 Å². The van der Waals surface area contributed by atoms with Crippen LogP contribution in [0.1, 0.15) is 18.0 Å². The first-order valence-corrected chi connectivity index (χ1v) is 9.66. The Hall–Kier alpha value is -1.96. The zero-order valence-corrected chi connectivity index (χ0v) is 15.3. The van der Waals surface area contributed by atoms with Crippen LogP contribution in [0.2, 0.25) is 0 Å². The summed E-state index contributed by atoms with van der Waals surface area (Å²) in [7, 11) is -0.478. The van der Waals surface area contributed by atoms with Crippen molar-refractivity contribution in [1.82, 2.24) is 9.29 Å². The number of aromatic nitrogens is 1. The predicted octanol–water partition coefficient (Wildman–Crippen LogP) is 3.69. The van der Waals surface area contributed by atoms with Crippen LogP contribution < -0.4 is 4.74 Å². The van der Waals surface area contributed by atoms with E-state index in [-0.39, 0.29) is 10.9 Å². The molecule has 1 aromatic heterocycles. The van der Waals surface area contributed by atoms with Gasteiger partial charge in [0.05, 0.1) is 28.3 Å². The van der Waals surface area contributed by atoms with Crippen LogP contribution in [0.15, 0.2) is 53.4 Å². The lowest BCUT2D eigenvalue weighted by molar-refractivity contribution is 0.397. The van der Waals surface area contributed by atoms with E-state index in [0.717, 1.165) is 15.2 Å². The second-order valence-corrected chi connectivity index (χ2v) is 8.45. The van der Waals surface area contributed by atoms with Gasteiger partial charge in [-0.3, -0.25) is 0 Å². The van der Waals surface area contributed by atoms with Gasteiger partial charge < -0.3 is 4.74 Å². The van der Waals surface area contributed by atoms with Gasteiger partial charge in [0.15, 0.2) is 0 Å². The van der Waals surface area contributed by atoms with Crippen LogP contribution in [0.25, 0.3) is 10.2 Å². The van der Waals surface area contributed by atoms with Crippen molar-refractivity contribution in [3.8, 4) is 5.75 Å². The first-order chi connectivity index (χ1) is 11.4. The monoisotopic (exact) mass is 362 g/mol. The van der Waals surface area contributed by atoms with Gasteiger partial charge in [-0.1, -0.05) is 12.1 Å². The Morgan fingerprint density at radius 2 is 1.79 bits per heavy atom. The molecule has 126 valence electrons. The summed E-state index contributed by atoms with van der Waals surface area (Å²) in [4.78, 5) is 4.80. The Balaban J connectivity index is 1.91. The summed E-state index contributed by atoms with van der Waals surface area (Å²) in [5.74, 6) is 0.621. The first kappa shape index (κ1) is 16.9. The van der Waals surface area contributed by atoms with Crippen molar-refractivity contribution < 1.29 is 13.2 Å². The molecule has 0 aliphatic heterocycles. The Labute approximate surface area is 145 Å². The van der Waals surface area contributed by atoms with Crippen LogP contribution in [0.3, 0.4) is 0 Å². The molecule has 2 aromatic carbocycles. The molecule has 24 heavy (non-hydrogen) atoms. The number of ether oxygens (including phenoxy) is 1. The Morgan fingerprint density at radius 1 is 1.12 bits per heavy atom. The Kier molecular flexibility index (Phi) is 4.58. The van der Waals surface area contributed by atoms with Crippen molar-refractivity contribution in [2.75, 3.05) is 14.2 Å². The third-order valence-electron chi connectivity index (χ3n) is 3.95. The summed E-state index contributed by atoms with van der Waals surface area (Å²) in [6.07, 6.45) is 0. The minimum Gasteiger partial charge on any atom is -0.497 e. The maximum absolute atomic E-state index is 12.8. The third kappa shape index (κ3) is 3.02. The van der Waals surface area contributed by atoms with Crippen molar-refractivity contribution in [3.05, 3.63) is 53.5 Å².